The fraction of sp³-hybridized carbons (Fsp3) is 1.00. The van der Waals surface area contributed by atoms with E-state index in [1.807, 2.05) is 27.7 Å². The first-order valence-corrected chi connectivity index (χ1v) is 5.83. The lowest BCUT2D eigenvalue weighted by Gasteiger charge is -2.54. The Morgan fingerprint density at radius 3 is 1.20 bits per heavy atom. The molecular formula is C10H20BO4-. The van der Waals surface area contributed by atoms with Crippen molar-refractivity contribution >= 4 is 6.96 Å². The van der Waals surface area contributed by atoms with E-state index in [0.29, 0.717) is 0 Å². The van der Waals surface area contributed by atoms with Crippen LogP contribution in [0.5, 0.6) is 0 Å². The monoisotopic (exact) mass is 215 g/mol. The van der Waals surface area contributed by atoms with E-state index < -0.39 is 6.96 Å². The van der Waals surface area contributed by atoms with Crippen molar-refractivity contribution in [1.29, 1.82) is 0 Å². The van der Waals surface area contributed by atoms with Crippen LogP contribution in [0.25, 0.3) is 0 Å². The first kappa shape index (κ1) is 11.4. The molecule has 0 aromatic heterocycles. The largest absolute Gasteiger partial charge is 0.532 e. The standard InChI is InChI=1S/C10H20BO4/c1-7-5-8(2)13-11(12-7)14-9(3)6-10(4)15-11/h7-10H,5-6H2,1-4H3/q-1. The van der Waals surface area contributed by atoms with Crippen molar-refractivity contribution in [2.45, 2.75) is 65.0 Å². The fourth-order valence-electron chi connectivity index (χ4n) is 2.49. The Balaban J connectivity index is 2.10. The van der Waals surface area contributed by atoms with Crippen LogP contribution in [0.3, 0.4) is 0 Å². The van der Waals surface area contributed by atoms with Crippen molar-refractivity contribution in [2.75, 3.05) is 0 Å². The van der Waals surface area contributed by atoms with Crippen LogP contribution in [0.15, 0.2) is 0 Å². The van der Waals surface area contributed by atoms with Crippen LogP contribution in [0.2, 0.25) is 0 Å². The zero-order valence-corrected chi connectivity index (χ0v) is 9.93. The lowest BCUT2D eigenvalue weighted by Crippen LogP contribution is -2.61. The molecule has 4 atom stereocenters. The summed E-state index contributed by atoms with van der Waals surface area (Å²) in [5, 5.41) is 0. The molecule has 0 amide bonds. The molecular weight excluding hydrogens is 195 g/mol. The summed E-state index contributed by atoms with van der Waals surface area (Å²) >= 11 is 0. The third-order valence-electron chi connectivity index (χ3n) is 2.92. The molecule has 1 spiro atoms. The van der Waals surface area contributed by atoms with Crippen molar-refractivity contribution in [2.24, 2.45) is 0 Å². The van der Waals surface area contributed by atoms with Gasteiger partial charge in [-0.2, -0.15) is 0 Å². The highest BCUT2D eigenvalue weighted by molar-refractivity contribution is 6.54. The van der Waals surface area contributed by atoms with Crippen LogP contribution in [-0.4, -0.2) is 31.4 Å². The molecule has 0 bridgehead atoms. The number of hydrogen-bond acceptors (Lipinski definition) is 4. The van der Waals surface area contributed by atoms with Gasteiger partial charge in [0.25, 0.3) is 0 Å². The summed E-state index contributed by atoms with van der Waals surface area (Å²) < 4.78 is 22.9. The van der Waals surface area contributed by atoms with E-state index in [9.17, 15) is 0 Å². The van der Waals surface area contributed by atoms with Gasteiger partial charge in [-0.1, -0.05) is 0 Å². The van der Waals surface area contributed by atoms with Crippen LogP contribution < -0.4 is 0 Å². The van der Waals surface area contributed by atoms with Gasteiger partial charge >= 0.3 is 6.96 Å². The number of hydrogen-bond donors (Lipinski definition) is 0. The Labute approximate surface area is 91.3 Å². The highest BCUT2D eigenvalue weighted by Crippen LogP contribution is 2.32. The van der Waals surface area contributed by atoms with Gasteiger partial charge in [0.05, 0.1) is 0 Å². The van der Waals surface area contributed by atoms with Crippen molar-refractivity contribution in [3.63, 3.8) is 0 Å². The minimum absolute atomic E-state index is 0.131. The molecule has 0 aliphatic carbocycles. The molecule has 2 saturated heterocycles. The Bertz CT molecular complexity index is 188. The maximum absolute atomic E-state index is 5.72. The lowest BCUT2D eigenvalue weighted by molar-refractivity contribution is -0.157. The van der Waals surface area contributed by atoms with Crippen molar-refractivity contribution in [1.82, 2.24) is 0 Å². The SMILES string of the molecule is CC1CC(C)O[B-]2(O1)OC(C)CC(C)O2. The van der Waals surface area contributed by atoms with Gasteiger partial charge in [-0.05, 0) is 40.5 Å². The summed E-state index contributed by atoms with van der Waals surface area (Å²) in [7, 11) is 0. The molecule has 0 radical (unpaired) electrons. The van der Waals surface area contributed by atoms with Crippen molar-refractivity contribution in [3.8, 4) is 0 Å². The van der Waals surface area contributed by atoms with Crippen LogP contribution in [0.4, 0.5) is 0 Å². The average Bonchev–Trinajstić information content (AvgIpc) is 1.96. The summed E-state index contributed by atoms with van der Waals surface area (Å²) in [5.41, 5.74) is 0. The average molecular weight is 215 g/mol. The van der Waals surface area contributed by atoms with E-state index in [1.165, 1.54) is 0 Å². The second-order valence-corrected chi connectivity index (χ2v) is 4.84. The Kier molecular flexibility index (Phi) is 3.08. The zero-order chi connectivity index (χ0) is 11.1. The molecule has 2 fully saturated rings. The van der Waals surface area contributed by atoms with Crippen molar-refractivity contribution in [3.05, 3.63) is 0 Å². The minimum atomic E-state index is -1.96. The van der Waals surface area contributed by atoms with Gasteiger partial charge in [0, 0.05) is 24.4 Å². The molecule has 0 N–H and O–H groups in total. The Morgan fingerprint density at radius 1 is 0.667 bits per heavy atom. The molecule has 88 valence electrons. The van der Waals surface area contributed by atoms with Gasteiger partial charge in [0.15, 0.2) is 0 Å². The highest BCUT2D eigenvalue weighted by Gasteiger charge is 2.44. The molecule has 15 heavy (non-hydrogen) atoms. The van der Waals surface area contributed by atoms with Gasteiger partial charge in [-0.25, -0.2) is 0 Å². The zero-order valence-electron chi connectivity index (χ0n) is 9.93. The summed E-state index contributed by atoms with van der Waals surface area (Å²) in [6.07, 6.45) is 2.30. The molecule has 5 heteroatoms. The number of rotatable bonds is 0. The molecule has 0 saturated carbocycles. The van der Waals surface area contributed by atoms with Gasteiger partial charge in [-0.15, -0.1) is 0 Å². The maximum atomic E-state index is 5.72. The topological polar surface area (TPSA) is 36.9 Å². The molecule has 2 heterocycles. The predicted octanol–water partition coefficient (Wildman–Crippen LogP) is 1.85. The van der Waals surface area contributed by atoms with E-state index in [1.54, 1.807) is 0 Å². The lowest BCUT2D eigenvalue weighted by atomic mass is 9.93. The molecule has 4 nitrogen and oxygen atoms in total. The first-order valence-electron chi connectivity index (χ1n) is 5.83. The molecule has 2 aliphatic heterocycles. The van der Waals surface area contributed by atoms with E-state index in [4.69, 9.17) is 18.6 Å². The first-order chi connectivity index (χ1) is 6.99. The van der Waals surface area contributed by atoms with Crippen LogP contribution >= 0.6 is 0 Å². The fourth-order valence-corrected chi connectivity index (χ4v) is 2.49. The molecule has 2 rings (SSSR count). The maximum Gasteiger partial charge on any atom is 0.532 e. The van der Waals surface area contributed by atoms with E-state index in [-0.39, 0.29) is 24.4 Å². The second kappa shape index (κ2) is 4.05. The summed E-state index contributed by atoms with van der Waals surface area (Å²) in [6, 6.07) is 0. The van der Waals surface area contributed by atoms with E-state index in [2.05, 4.69) is 0 Å². The van der Waals surface area contributed by atoms with Crippen LogP contribution in [-0.2, 0) is 18.6 Å². The summed E-state index contributed by atoms with van der Waals surface area (Å²) in [5.74, 6) is 0. The third kappa shape index (κ3) is 2.53. The van der Waals surface area contributed by atoms with Crippen LogP contribution in [0, 0.1) is 0 Å². The predicted molar refractivity (Wildman–Crippen MR) is 57.2 cm³/mol. The smallest absolute Gasteiger partial charge is 0.516 e. The molecule has 4 unspecified atom stereocenters. The molecule has 0 aromatic carbocycles. The quantitative estimate of drug-likeness (QED) is 0.578. The second-order valence-electron chi connectivity index (χ2n) is 4.84. The highest BCUT2D eigenvalue weighted by atomic mass is 16.9. The Hall–Kier alpha value is -0.0951. The van der Waals surface area contributed by atoms with Crippen LogP contribution in [0.1, 0.15) is 40.5 Å². The summed E-state index contributed by atoms with van der Waals surface area (Å²) in [6.45, 7) is 6.15. The third-order valence-corrected chi connectivity index (χ3v) is 2.92. The van der Waals surface area contributed by atoms with Gasteiger partial charge in [-0.3, -0.25) is 0 Å². The van der Waals surface area contributed by atoms with Gasteiger partial charge < -0.3 is 18.6 Å². The normalized spacial score (nSPS) is 52.0. The van der Waals surface area contributed by atoms with Gasteiger partial charge in [0.1, 0.15) is 0 Å². The molecule has 2 aliphatic rings. The van der Waals surface area contributed by atoms with E-state index >= 15 is 0 Å². The summed E-state index contributed by atoms with van der Waals surface area (Å²) in [4.78, 5) is 0. The minimum Gasteiger partial charge on any atom is -0.516 e. The van der Waals surface area contributed by atoms with Gasteiger partial charge in [0.2, 0.25) is 0 Å². The Morgan fingerprint density at radius 2 is 0.933 bits per heavy atom. The van der Waals surface area contributed by atoms with E-state index in [0.717, 1.165) is 12.8 Å². The van der Waals surface area contributed by atoms with Crippen molar-refractivity contribution < 1.29 is 18.6 Å². The molecule has 0 aromatic rings.